The highest BCUT2D eigenvalue weighted by Crippen LogP contribution is 2.33. The van der Waals surface area contributed by atoms with Gasteiger partial charge < -0.3 is 14.8 Å². The lowest BCUT2D eigenvalue weighted by atomic mass is 10.2. The highest BCUT2D eigenvalue weighted by Gasteiger charge is 2.31. The Morgan fingerprint density at radius 1 is 1.16 bits per heavy atom. The summed E-state index contributed by atoms with van der Waals surface area (Å²) in [6.07, 6.45) is -3.20. The molecule has 0 aliphatic heterocycles. The summed E-state index contributed by atoms with van der Waals surface area (Å²) in [7, 11) is 0. The van der Waals surface area contributed by atoms with Gasteiger partial charge in [0, 0.05) is 0 Å². The van der Waals surface area contributed by atoms with Gasteiger partial charge >= 0.3 is 12.1 Å². The maximum absolute atomic E-state index is 12.9. The summed E-state index contributed by atoms with van der Waals surface area (Å²) < 4.78 is 50.5. The zero-order valence-electron chi connectivity index (χ0n) is 16.6. The Kier molecular flexibility index (Phi) is 7.04. The molecule has 0 bridgehead atoms. The van der Waals surface area contributed by atoms with Crippen molar-refractivity contribution in [2.24, 2.45) is 0 Å². The highest BCUT2D eigenvalue weighted by atomic mass is 35.5. The summed E-state index contributed by atoms with van der Waals surface area (Å²) in [5.74, 6) is -1.57. The second kappa shape index (κ2) is 9.73. The van der Waals surface area contributed by atoms with Crippen LogP contribution in [-0.2, 0) is 15.7 Å². The van der Waals surface area contributed by atoms with Crippen LogP contribution in [0.2, 0.25) is 5.02 Å². The lowest BCUT2D eigenvalue weighted by Gasteiger charge is -2.12. The number of nitrogens with one attached hydrogen (secondary N) is 1. The van der Waals surface area contributed by atoms with Crippen LogP contribution in [0.1, 0.15) is 23.0 Å². The van der Waals surface area contributed by atoms with Crippen LogP contribution < -0.4 is 10.1 Å². The average molecular weight is 468 g/mol. The molecule has 0 radical (unpaired) electrons. The Hall–Kier alpha value is -3.53. The molecule has 0 saturated heterocycles. The predicted octanol–water partition coefficient (Wildman–Crippen LogP) is 4.74. The third-order valence-electron chi connectivity index (χ3n) is 4.10. The van der Waals surface area contributed by atoms with Crippen LogP contribution in [0.3, 0.4) is 0 Å². The van der Waals surface area contributed by atoms with Gasteiger partial charge in [0.25, 0.3) is 5.91 Å². The van der Waals surface area contributed by atoms with E-state index in [0.29, 0.717) is 5.69 Å². The zero-order chi connectivity index (χ0) is 23.3. The number of hydrogen-bond donors (Lipinski definition) is 1. The van der Waals surface area contributed by atoms with Gasteiger partial charge in [0.2, 0.25) is 5.69 Å². The minimum atomic E-state index is -4.60. The fourth-order valence-electron chi connectivity index (χ4n) is 2.64. The fraction of sp³-hybridized carbons (Fsp3) is 0.190. The Labute approximate surface area is 185 Å². The number of amides is 1. The van der Waals surface area contributed by atoms with E-state index in [0.717, 1.165) is 18.2 Å². The van der Waals surface area contributed by atoms with Crippen molar-refractivity contribution in [3.05, 3.63) is 71.0 Å². The summed E-state index contributed by atoms with van der Waals surface area (Å²) in [4.78, 5) is 24.5. The van der Waals surface area contributed by atoms with Crippen LogP contribution in [0.4, 0.5) is 18.9 Å². The summed E-state index contributed by atoms with van der Waals surface area (Å²) >= 11 is 5.88. The molecule has 0 saturated carbocycles. The number of alkyl halides is 3. The first kappa shape index (κ1) is 23.1. The Morgan fingerprint density at radius 2 is 1.88 bits per heavy atom. The molecular formula is C21H17ClF3N3O4. The molecule has 1 heterocycles. The molecule has 0 aliphatic carbocycles. The summed E-state index contributed by atoms with van der Waals surface area (Å²) in [6.45, 7) is 1.11. The number of anilines is 1. The van der Waals surface area contributed by atoms with Gasteiger partial charge in [-0.1, -0.05) is 29.8 Å². The molecule has 0 aliphatic rings. The van der Waals surface area contributed by atoms with E-state index in [2.05, 4.69) is 10.4 Å². The second-order valence-electron chi connectivity index (χ2n) is 6.37. The molecule has 1 aromatic heterocycles. The molecule has 1 N–H and O–H groups in total. The van der Waals surface area contributed by atoms with Gasteiger partial charge in [-0.2, -0.15) is 18.3 Å². The number of halogens is 4. The monoisotopic (exact) mass is 467 g/mol. The van der Waals surface area contributed by atoms with Gasteiger partial charge in [-0.05, 0) is 37.3 Å². The smallest absolute Gasteiger partial charge is 0.416 e. The SMILES string of the molecule is CCOC(=O)c1nn(-c2ccccc2)cc1OCC(=O)Nc1cc(C(F)(F)F)ccc1Cl. The average Bonchev–Trinajstić information content (AvgIpc) is 3.18. The number of esters is 1. The quantitative estimate of drug-likeness (QED) is 0.508. The van der Waals surface area contributed by atoms with Crippen molar-refractivity contribution in [2.45, 2.75) is 13.1 Å². The number of aromatic nitrogens is 2. The van der Waals surface area contributed by atoms with Crippen molar-refractivity contribution in [1.29, 1.82) is 0 Å². The van der Waals surface area contributed by atoms with Crippen LogP contribution in [-0.4, -0.2) is 34.9 Å². The molecule has 0 spiro atoms. The standard InChI is InChI=1S/C21H17ClF3N3O4/c1-2-31-20(30)19-17(11-28(27-19)14-6-4-3-5-7-14)32-12-18(29)26-16-10-13(21(23,24)25)8-9-15(16)22/h3-11H,2,12H2,1H3,(H,26,29). The molecule has 3 aromatic rings. The zero-order valence-corrected chi connectivity index (χ0v) is 17.4. The Balaban J connectivity index is 1.77. The van der Waals surface area contributed by atoms with E-state index in [4.69, 9.17) is 21.1 Å². The minimum Gasteiger partial charge on any atom is -0.480 e. The van der Waals surface area contributed by atoms with Crippen LogP contribution in [0, 0.1) is 0 Å². The number of nitrogens with zero attached hydrogens (tertiary/aromatic N) is 2. The predicted molar refractivity (Wildman–Crippen MR) is 110 cm³/mol. The molecule has 2 aromatic carbocycles. The van der Waals surface area contributed by atoms with E-state index in [1.54, 1.807) is 37.3 Å². The van der Waals surface area contributed by atoms with E-state index < -0.39 is 30.2 Å². The van der Waals surface area contributed by atoms with Crippen LogP contribution in [0.15, 0.2) is 54.7 Å². The topological polar surface area (TPSA) is 82.4 Å². The van der Waals surface area contributed by atoms with E-state index in [1.807, 2.05) is 0 Å². The maximum atomic E-state index is 12.9. The van der Waals surface area contributed by atoms with E-state index in [1.165, 1.54) is 10.9 Å². The number of ether oxygens (including phenoxy) is 2. The van der Waals surface area contributed by atoms with Gasteiger partial charge in [0.1, 0.15) is 0 Å². The summed E-state index contributed by atoms with van der Waals surface area (Å²) in [6, 6.07) is 11.4. The molecule has 3 rings (SSSR count). The molecule has 7 nitrogen and oxygen atoms in total. The van der Waals surface area contributed by atoms with Gasteiger partial charge in [-0.15, -0.1) is 0 Å². The first-order chi connectivity index (χ1) is 15.2. The van der Waals surface area contributed by atoms with Crippen molar-refractivity contribution >= 4 is 29.2 Å². The van der Waals surface area contributed by atoms with Crippen LogP contribution >= 0.6 is 11.6 Å². The molecular weight excluding hydrogens is 451 g/mol. The van der Waals surface area contributed by atoms with E-state index >= 15 is 0 Å². The Morgan fingerprint density at radius 3 is 2.53 bits per heavy atom. The molecule has 0 unspecified atom stereocenters. The number of carbonyl (C=O) groups excluding carboxylic acids is 2. The van der Waals surface area contributed by atoms with Crippen molar-refractivity contribution in [3.63, 3.8) is 0 Å². The number of carbonyl (C=O) groups is 2. The molecule has 32 heavy (non-hydrogen) atoms. The number of para-hydroxylation sites is 1. The summed E-state index contributed by atoms with van der Waals surface area (Å²) in [5.41, 5.74) is -0.707. The number of benzene rings is 2. The Bertz CT molecular complexity index is 1120. The van der Waals surface area contributed by atoms with Gasteiger partial charge in [-0.3, -0.25) is 4.79 Å². The fourth-order valence-corrected chi connectivity index (χ4v) is 2.81. The molecule has 0 atom stereocenters. The minimum absolute atomic E-state index is 0.0300. The second-order valence-corrected chi connectivity index (χ2v) is 6.78. The lowest BCUT2D eigenvalue weighted by Crippen LogP contribution is -2.21. The normalized spacial score (nSPS) is 11.2. The molecule has 168 valence electrons. The maximum Gasteiger partial charge on any atom is 0.416 e. The molecule has 0 fully saturated rings. The highest BCUT2D eigenvalue weighted by molar-refractivity contribution is 6.33. The largest absolute Gasteiger partial charge is 0.480 e. The van der Waals surface area contributed by atoms with Crippen LogP contribution in [0.5, 0.6) is 5.75 Å². The van der Waals surface area contributed by atoms with Crippen molar-refractivity contribution in [1.82, 2.24) is 9.78 Å². The van der Waals surface area contributed by atoms with Crippen LogP contribution in [0.25, 0.3) is 5.69 Å². The number of rotatable bonds is 7. The third-order valence-corrected chi connectivity index (χ3v) is 4.43. The van der Waals surface area contributed by atoms with E-state index in [-0.39, 0.29) is 28.8 Å². The van der Waals surface area contributed by atoms with E-state index in [9.17, 15) is 22.8 Å². The number of hydrogen-bond acceptors (Lipinski definition) is 5. The van der Waals surface area contributed by atoms with Gasteiger partial charge in [-0.25, -0.2) is 9.48 Å². The lowest BCUT2D eigenvalue weighted by molar-refractivity contribution is -0.137. The van der Waals surface area contributed by atoms with Crippen molar-refractivity contribution in [2.75, 3.05) is 18.5 Å². The van der Waals surface area contributed by atoms with Crippen molar-refractivity contribution < 1.29 is 32.2 Å². The van der Waals surface area contributed by atoms with Gasteiger partial charge in [0.15, 0.2) is 12.4 Å². The molecule has 11 heteroatoms. The summed E-state index contributed by atoms with van der Waals surface area (Å²) in [5, 5.41) is 6.35. The first-order valence-electron chi connectivity index (χ1n) is 9.30. The van der Waals surface area contributed by atoms with Gasteiger partial charge in [0.05, 0.1) is 34.8 Å². The first-order valence-corrected chi connectivity index (χ1v) is 9.68. The van der Waals surface area contributed by atoms with Crippen molar-refractivity contribution in [3.8, 4) is 11.4 Å². The molecule has 1 amide bonds. The third kappa shape index (κ3) is 5.58.